The van der Waals surface area contributed by atoms with Crippen LogP contribution in [0.2, 0.25) is 0 Å². The number of nitrogens with zero attached hydrogens (tertiary/aromatic N) is 5. The van der Waals surface area contributed by atoms with E-state index in [1.807, 2.05) is 33.9 Å². The van der Waals surface area contributed by atoms with E-state index in [9.17, 15) is 13.2 Å². The Morgan fingerprint density at radius 1 is 1.15 bits per heavy atom. The zero-order chi connectivity index (χ0) is 28.7. The molecule has 0 spiro atoms. The number of fused-ring (bicyclic) bond motifs is 2. The van der Waals surface area contributed by atoms with Crippen LogP contribution in [0.5, 0.6) is 5.88 Å². The Morgan fingerprint density at radius 3 is 2.60 bits per heavy atom. The molecule has 3 aromatic rings. The first-order chi connectivity index (χ1) is 18.9. The lowest BCUT2D eigenvalue weighted by molar-refractivity contribution is 0.0566. The third kappa shape index (κ3) is 6.26. The summed E-state index contributed by atoms with van der Waals surface area (Å²) >= 11 is 0. The van der Waals surface area contributed by atoms with Crippen LogP contribution < -0.4 is 25.0 Å². The van der Waals surface area contributed by atoms with Gasteiger partial charge in [0, 0.05) is 24.0 Å². The molecule has 0 saturated heterocycles. The molecule has 0 fully saturated rings. The van der Waals surface area contributed by atoms with Gasteiger partial charge in [-0.25, -0.2) is 33.3 Å². The van der Waals surface area contributed by atoms with E-state index < -0.39 is 21.7 Å². The second-order valence-corrected chi connectivity index (χ2v) is 12.5. The number of aromatic nitrogens is 3. The Hall–Kier alpha value is -3.97. The first-order valence-corrected chi connectivity index (χ1v) is 14.7. The average Bonchev–Trinajstić information content (AvgIpc) is 2.87. The molecule has 2 aromatic heterocycles. The lowest BCUT2D eigenvalue weighted by Crippen LogP contribution is -2.42. The Kier molecular flexibility index (Phi) is 7.27. The number of hydrogen-bond acceptors (Lipinski definition) is 10. The molecular weight excluding hydrogens is 534 g/mol. The fourth-order valence-corrected chi connectivity index (χ4v) is 5.42. The summed E-state index contributed by atoms with van der Waals surface area (Å²) in [7, 11) is -3.60. The maximum absolute atomic E-state index is 13.0. The van der Waals surface area contributed by atoms with Gasteiger partial charge >= 0.3 is 6.09 Å². The summed E-state index contributed by atoms with van der Waals surface area (Å²) in [6, 6.07) is 6.92. The number of primary sulfonamides is 1. The van der Waals surface area contributed by atoms with Gasteiger partial charge < -0.3 is 19.7 Å². The SMILES string of the molecule is Cc1c(N2CCc3cnc(Nc4ccc(CS(N)(=O)=O)cc4)nc3C2)cnc2c1N(C(=O)OC(C)(C)C)CCO2. The van der Waals surface area contributed by atoms with Crippen LogP contribution in [0.15, 0.2) is 36.7 Å². The number of ether oxygens (including phenoxy) is 2. The van der Waals surface area contributed by atoms with Crippen molar-refractivity contribution in [3.05, 3.63) is 59.0 Å². The highest BCUT2D eigenvalue weighted by atomic mass is 32.2. The number of amides is 1. The van der Waals surface area contributed by atoms with Gasteiger partial charge in [-0.1, -0.05) is 12.1 Å². The topological polar surface area (TPSA) is 153 Å². The minimum atomic E-state index is -3.60. The number of benzene rings is 1. The van der Waals surface area contributed by atoms with Gasteiger partial charge in [0.1, 0.15) is 17.9 Å². The van der Waals surface area contributed by atoms with Crippen molar-refractivity contribution in [3.63, 3.8) is 0 Å². The van der Waals surface area contributed by atoms with E-state index in [1.54, 1.807) is 35.4 Å². The van der Waals surface area contributed by atoms with Crippen molar-refractivity contribution in [1.82, 2.24) is 15.0 Å². The molecular formula is C27H33N7O5S. The molecule has 40 heavy (non-hydrogen) atoms. The van der Waals surface area contributed by atoms with E-state index in [1.165, 1.54) is 0 Å². The largest absolute Gasteiger partial charge is 0.474 e. The van der Waals surface area contributed by atoms with Crippen molar-refractivity contribution in [2.75, 3.05) is 34.8 Å². The zero-order valence-electron chi connectivity index (χ0n) is 23.0. The number of hydrogen-bond donors (Lipinski definition) is 2. The number of pyridine rings is 1. The summed E-state index contributed by atoms with van der Waals surface area (Å²) in [5.41, 5.74) is 5.04. The molecule has 5 rings (SSSR count). The van der Waals surface area contributed by atoms with Crippen molar-refractivity contribution in [2.45, 2.75) is 52.0 Å². The Bertz CT molecular complexity index is 1540. The Labute approximate surface area is 233 Å². The van der Waals surface area contributed by atoms with Crippen LogP contribution in [0.25, 0.3) is 0 Å². The second kappa shape index (κ2) is 10.5. The van der Waals surface area contributed by atoms with Crippen LogP contribution in [0, 0.1) is 6.92 Å². The summed E-state index contributed by atoms with van der Waals surface area (Å²) in [5.74, 6) is 0.626. The van der Waals surface area contributed by atoms with Crippen molar-refractivity contribution in [3.8, 4) is 5.88 Å². The summed E-state index contributed by atoms with van der Waals surface area (Å²) in [6.07, 6.45) is 3.93. The molecule has 2 aliphatic heterocycles. The van der Waals surface area contributed by atoms with Crippen LogP contribution in [0.1, 0.15) is 43.2 Å². The van der Waals surface area contributed by atoms with Gasteiger partial charge in [0.2, 0.25) is 21.9 Å². The number of sulfonamides is 1. The minimum Gasteiger partial charge on any atom is -0.474 e. The van der Waals surface area contributed by atoms with Crippen molar-refractivity contribution in [2.24, 2.45) is 5.14 Å². The number of nitrogens with two attached hydrogens (primary N) is 1. The normalized spacial score (nSPS) is 15.1. The first-order valence-electron chi connectivity index (χ1n) is 13.0. The monoisotopic (exact) mass is 567 g/mol. The summed E-state index contributed by atoms with van der Waals surface area (Å²) in [4.78, 5) is 30.5. The van der Waals surface area contributed by atoms with Gasteiger partial charge in [-0.05, 0) is 57.4 Å². The predicted octanol–water partition coefficient (Wildman–Crippen LogP) is 3.41. The van der Waals surface area contributed by atoms with Gasteiger partial charge in [0.25, 0.3) is 0 Å². The molecule has 0 bridgehead atoms. The molecule has 4 heterocycles. The second-order valence-electron chi connectivity index (χ2n) is 10.9. The molecule has 1 amide bonds. The maximum Gasteiger partial charge on any atom is 0.415 e. The van der Waals surface area contributed by atoms with E-state index in [0.29, 0.717) is 42.8 Å². The Balaban J connectivity index is 1.35. The predicted molar refractivity (Wildman–Crippen MR) is 151 cm³/mol. The van der Waals surface area contributed by atoms with E-state index in [2.05, 4.69) is 20.2 Å². The number of nitrogens with one attached hydrogen (secondary N) is 1. The average molecular weight is 568 g/mol. The Morgan fingerprint density at radius 2 is 1.90 bits per heavy atom. The van der Waals surface area contributed by atoms with E-state index >= 15 is 0 Å². The maximum atomic E-state index is 13.0. The van der Waals surface area contributed by atoms with Crippen LogP contribution in [0.4, 0.5) is 27.8 Å². The molecule has 2 aliphatic rings. The fourth-order valence-electron chi connectivity index (χ4n) is 4.76. The summed E-state index contributed by atoms with van der Waals surface area (Å²) in [6.45, 7) is 9.48. The zero-order valence-corrected chi connectivity index (χ0v) is 23.8. The first kappa shape index (κ1) is 27.6. The molecule has 0 radical (unpaired) electrons. The quantitative estimate of drug-likeness (QED) is 0.469. The minimum absolute atomic E-state index is 0.225. The molecule has 0 aliphatic carbocycles. The lowest BCUT2D eigenvalue weighted by Gasteiger charge is -2.35. The van der Waals surface area contributed by atoms with Crippen LogP contribution in [0.3, 0.4) is 0 Å². The van der Waals surface area contributed by atoms with E-state index in [4.69, 9.17) is 19.6 Å². The van der Waals surface area contributed by atoms with E-state index in [0.717, 1.165) is 41.2 Å². The smallest absolute Gasteiger partial charge is 0.415 e. The summed E-state index contributed by atoms with van der Waals surface area (Å²) < 4.78 is 34.1. The van der Waals surface area contributed by atoms with Crippen LogP contribution in [-0.4, -0.2) is 54.8 Å². The lowest BCUT2D eigenvalue weighted by atomic mass is 10.0. The number of rotatable bonds is 5. The molecule has 212 valence electrons. The molecule has 1 aromatic carbocycles. The molecule has 0 atom stereocenters. The van der Waals surface area contributed by atoms with Crippen LogP contribution >= 0.6 is 0 Å². The molecule has 12 nitrogen and oxygen atoms in total. The number of anilines is 4. The molecule has 3 N–H and O–H groups in total. The molecule has 0 unspecified atom stereocenters. The molecule has 13 heteroatoms. The third-order valence-electron chi connectivity index (χ3n) is 6.55. The van der Waals surface area contributed by atoms with Gasteiger partial charge in [0.05, 0.1) is 36.4 Å². The molecule has 0 saturated carbocycles. The van der Waals surface area contributed by atoms with Gasteiger partial charge in [-0.3, -0.25) is 4.90 Å². The van der Waals surface area contributed by atoms with Crippen molar-refractivity contribution >= 4 is 39.1 Å². The highest BCUT2D eigenvalue weighted by Crippen LogP contribution is 2.39. The van der Waals surface area contributed by atoms with Crippen molar-refractivity contribution < 1.29 is 22.7 Å². The van der Waals surface area contributed by atoms with E-state index in [-0.39, 0.29) is 5.75 Å². The van der Waals surface area contributed by atoms with Gasteiger partial charge in [-0.15, -0.1) is 0 Å². The number of carbonyl (C=O) groups is 1. The fraction of sp³-hybridized carbons (Fsp3) is 0.407. The highest BCUT2D eigenvalue weighted by Gasteiger charge is 2.32. The van der Waals surface area contributed by atoms with Crippen molar-refractivity contribution in [1.29, 1.82) is 0 Å². The summed E-state index contributed by atoms with van der Waals surface area (Å²) in [5, 5.41) is 8.31. The number of carbonyl (C=O) groups excluding carboxylic acids is 1. The third-order valence-corrected chi connectivity index (χ3v) is 7.28. The highest BCUT2D eigenvalue weighted by molar-refractivity contribution is 7.88. The van der Waals surface area contributed by atoms with Crippen LogP contribution in [-0.2, 0) is 33.5 Å². The van der Waals surface area contributed by atoms with Gasteiger partial charge in [-0.2, -0.15) is 0 Å². The van der Waals surface area contributed by atoms with Gasteiger partial charge in [0.15, 0.2) is 0 Å². The standard InChI is InChI=1S/C27H33N7O5S/c1-17-22(14-29-24-23(17)34(11-12-38-24)26(35)39-27(2,3)4)33-10-9-19-13-30-25(32-21(19)15-33)31-20-7-5-18(6-8-20)16-40(28,36)37/h5-8,13-14H,9-12,15-16H2,1-4H3,(H2,28,36,37)(H,30,31,32).